The Bertz CT molecular complexity index is 995. The number of hydrogen-bond donors (Lipinski definition) is 0. The van der Waals surface area contributed by atoms with Gasteiger partial charge < -0.3 is 9.64 Å². The zero-order valence-electron chi connectivity index (χ0n) is 16.7. The van der Waals surface area contributed by atoms with Crippen molar-refractivity contribution >= 4 is 38.3 Å². The molecule has 12 heteroatoms. The van der Waals surface area contributed by atoms with Crippen LogP contribution in [0.15, 0.2) is 28.9 Å². The van der Waals surface area contributed by atoms with Crippen molar-refractivity contribution in [1.29, 1.82) is 0 Å². The van der Waals surface area contributed by atoms with Gasteiger partial charge in [0.15, 0.2) is 0 Å². The third-order valence-electron chi connectivity index (χ3n) is 4.53. The first-order chi connectivity index (χ1) is 14.3. The zero-order chi connectivity index (χ0) is 21.7. The van der Waals surface area contributed by atoms with Crippen molar-refractivity contribution in [3.8, 4) is 0 Å². The summed E-state index contributed by atoms with van der Waals surface area (Å²) in [6.45, 7) is 2.16. The predicted octanol–water partition coefficient (Wildman–Crippen LogP) is 2.34. The number of amides is 2. The van der Waals surface area contributed by atoms with Gasteiger partial charge in [-0.15, -0.1) is 10.2 Å². The summed E-state index contributed by atoms with van der Waals surface area (Å²) in [6.07, 6.45) is 5.28. The molecule has 2 amide bonds. The maximum Gasteiger partial charge on any atom is 0.341 e. The number of sulfone groups is 1. The van der Waals surface area contributed by atoms with Crippen molar-refractivity contribution in [2.45, 2.75) is 43.2 Å². The molecule has 3 heterocycles. The standard InChI is InChI=1S/C18H23N5O5S2/c1-3-4-5-6-10-30(26,27)17-21-20-16(29-17)23-14(12-22(2)18(23)25)28-15(24)13-8-7-9-19-11-13/h7-9,11,14H,3-6,10,12H2,1-2H3. The largest absolute Gasteiger partial charge is 0.435 e. The van der Waals surface area contributed by atoms with Gasteiger partial charge in [-0.25, -0.2) is 22.9 Å². The first kappa shape index (κ1) is 22.1. The van der Waals surface area contributed by atoms with Crippen LogP contribution < -0.4 is 4.90 Å². The van der Waals surface area contributed by atoms with Crippen LogP contribution in [0.5, 0.6) is 0 Å². The van der Waals surface area contributed by atoms with Crippen LogP contribution in [0.4, 0.5) is 9.93 Å². The molecular weight excluding hydrogens is 430 g/mol. The monoisotopic (exact) mass is 453 g/mol. The van der Waals surface area contributed by atoms with Crippen LogP contribution in [-0.4, -0.2) is 66.1 Å². The molecule has 0 spiro atoms. The third kappa shape index (κ3) is 4.93. The Morgan fingerprint density at radius 3 is 2.80 bits per heavy atom. The number of hydrogen-bond acceptors (Lipinski definition) is 9. The second kappa shape index (κ2) is 9.47. The van der Waals surface area contributed by atoms with Crippen molar-refractivity contribution in [3.63, 3.8) is 0 Å². The van der Waals surface area contributed by atoms with Crippen LogP contribution in [0.1, 0.15) is 43.0 Å². The van der Waals surface area contributed by atoms with Crippen LogP contribution >= 0.6 is 11.3 Å². The minimum absolute atomic E-state index is 0.0189. The molecule has 2 aromatic rings. The normalized spacial score (nSPS) is 16.9. The number of ether oxygens (including phenoxy) is 1. The summed E-state index contributed by atoms with van der Waals surface area (Å²) in [5.74, 6) is -0.663. The summed E-state index contributed by atoms with van der Waals surface area (Å²) < 4.78 is 30.4. The van der Waals surface area contributed by atoms with E-state index in [1.54, 1.807) is 19.2 Å². The summed E-state index contributed by atoms with van der Waals surface area (Å²) in [5, 5.41) is 7.74. The highest BCUT2D eigenvalue weighted by Gasteiger charge is 2.41. The van der Waals surface area contributed by atoms with Gasteiger partial charge >= 0.3 is 12.0 Å². The molecule has 1 saturated heterocycles. The first-order valence-corrected chi connectivity index (χ1v) is 12.0. The van der Waals surface area contributed by atoms with Gasteiger partial charge in [0.25, 0.3) is 0 Å². The van der Waals surface area contributed by atoms with Gasteiger partial charge in [0.1, 0.15) is 0 Å². The number of aromatic nitrogens is 3. The molecule has 0 N–H and O–H groups in total. The molecule has 3 rings (SSSR count). The molecular formula is C18H23N5O5S2. The molecule has 1 fully saturated rings. The fourth-order valence-corrected chi connectivity index (χ4v) is 5.42. The molecule has 10 nitrogen and oxygen atoms in total. The highest BCUT2D eigenvalue weighted by atomic mass is 32.2. The van der Waals surface area contributed by atoms with E-state index < -0.39 is 28.1 Å². The molecule has 0 radical (unpaired) electrons. The number of unbranched alkanes of at least 4 members (excludes halogenated alkanes) is 3. The SMILES string of the molecule is CCCCCCS(=O)(=O)c1nnc(N2C(=O)N(C)CC2OC(=O)c2cccnc2)s1. The maximum atomic E-state index is 12.6. The Kier molecular flexibility index (Phi) is 6.98. The smallest absolute Gasteiger partial charge is 0.341 e. The quantitative estimate of drug-likeness (QED) is 0.322. The number of anilines is 1. The Morgan fingerprint density at radius 1 is 1.30 bits per heavy atom. The highest BCUT2D eigenvalue weighted by molar-refractivity contribution is 7.93. The molecule has 0 aromatic carbocycles. The van der Waals surface area contributed by atoms with E-state index in [1.807, 2.05) is 6.92 Å². The fraction of sp³-hybridized carbons (Fsp3) is 0.500. The molecule has 0 saturated carbocycles. The molecule has 1 aliphatic heterocycles. The first-order valence-electron chi connectivity index (χ1n) is 9.55. The van der Waals surface area contributed by atoms with Crippen LogP contribution in [-0.2, 0) is 14.6 Å². The summed E-state index contributed by atoms with van der Waals surface area (Å²) >= 11 is 0.798. The number of likely N-dealkylation sites (N-methyl/N-ethyl adjacent to an activating group) is 1. The van der Waals surface area contributed by atoms with Gasteiger partial charge in [-0.3, -0.25) is 4.98 Å². The van der Waals surface area contributed by atoms with E-state index in [0.717, 1.165) is 35.5 Å². The molecule has 1 aliphatic rings. The topological polar surface area (TPSA) is 123 Å². The molecule has 1 unspecified atom stereocenters. The second-order valence-electron chi connectivity index (χ2n) is 6.86. The molecule has 2 aromatic heterocycles. The zero-order valence-corrected chi connectivity index (χ0v) is 18.4. The maximum absolute atomic E-state index is 12.6. The minimum Gasteiger partial charge on any atom is -0.435 e. The van der Waals surface area contributed by atoms with Gasteiger partial charge in [-0.1, -0.05) is 37.5 Å². The molecule has 0 aliphatic carbocycles. The Morgan fingerprint density at radius 2 is 2.10 bits per heavy atom. The molecule has 30 heavy (non-hydrogen) atoms. The van der Waals surface area contributed by atoms with Gasteiger partial charge in [0.05, 0.1) is 17.9 Å². The van der Waals surface area contributed by atoms with Crippen molar-refractivity contribution < 1.29 is 22.7 Å². The summed E-state index contributed by atoms with van der Waals surface area (Å²) in [7, 11) is -2.03. The predicted molar refractivity (Wildman–Crippen MR) is 110 cm³/mol. The lowest BCUT2D eigenvalue weighted by Gasteiger charge is -2.19. The minimum atomic E-state index is -3.59. The van der Waals surface area contributed by atoms with Crippen molar-refractivity contribution in [1.82, 2.24) is 20.1 Å². The van der Waals surface area contributed by atoms with Gasteiger partial charge in [0.2, 0.25) is 25.5 Å². The van der Waals surface area contributed by atoms with Gasteiger partial charge in [0, 0.05) is 19.4 Å². The summed E-state index contributed by atoms with van der Waals surface area (Å²) in [5.41, 5.74) is 0.243. The van der Waals surface area contributed by atoms with E-state index >= 15 is 0 Å². The molecule has 162 valence electrons. The van der Waals surface area contributed by atoms with Crippen molar-refractivity contribution in [3.05, 3.63) is 30.1 Å². The number of carbonyl (C=O) groups excluding carboxylic acids is 2. The van der Waals surface area contributed by atoms with Crippen LogP contribution in [0, 0.1) is 0 Å². The lowest BCUT2D eigenvalue weighted by atomic mass is 10.2. The van der Waals surface area contributed by atoms with E-state index in [4.69, 9.17) is 4.74 Å². The number of pyridine rings is 1. The van der Waals surface area contributed by atoms with Gasteiger partial charge in [-0.2, -0.15) is 0 Å². The average molecular weight is 454 g/mol. The number of esters is 1. The average Bonchev–Trinajstić information content (AvgIpc) is 3.31. The van der Waals surface area contributed by atoms with Crippen molar-refractivity contribution in [2.75, 3.05) is 24.2 Å². The number of urea groups is 1. The number of nitrogens with zero attached hydrogens (tertiary/aromatic N) is 5. The van der Waals surface area contributed by atoms with Gasteiger partial charge in [-0.05, 0) is 18.6 Å². The third-order valence-corrected chi connectivity index (χ3v) is 7.69. The fourth-order valence-electron chi connectivity index (χ4n) is 2.90. The van der Waals surface area contributed by atoms with E-state index in [2.05, 4.69) is 15.2 Å². The van der Waals surface area contributed by atoms with E-state index in [1.165, 1.54) is 17.3 Å². The Hall–Kier alpha value is -2.60. The van der Waals surface area contributed by atoms with Crippen LogP contribution in [0.25, 0.3) is 0 Å². The Labute approximate surface area is 178 Å². The van der Waals surface area contributed by atoms with E-state index in [-0.39, 0.29) is 27.3 Å². The number of rotatable bonds is 9. The Balaban J connectivity index is 1.76. The number of carbonyl (C=O) groups is 2. The molecule has 0 bridgehead atoms. The van der Waals surface area contributed by atoms with E-state index in [9.17, 15) is 18.0 Å². The van der Waals surface area contributed by atoms with Crippen LogP contribution in [0.2, 0.25) is 0 Å². The lowest BCUT2D eigenvalue weighted by molar-refractivity contribution is 0.0331. The lowest BCUT2D eigenvalue weighted by Crippen LogP contribution is -2.37. The van der Waals surface area contributed by atoms with Crippen LogP contribution in [0.3, 0.4) is 0 Å². The summed E-state index contributed by atoms with van der Waals surface area (Å²) in [6, 6.07) is 2.69. The summed E-state index contributed by atoms with van der Waals surface area (Å²) in [4.78, 5) is 31.3. The molecule has 1 atom stereocenters. The second-order valence-corrected chi connectivity index (χ2v) is 10.1. The van der Waals surface area contributed by atoms with E-state index in [0.29, 0.717) is 6.42 Å². The highest BCUT2D eigenvalue weighted by Crippen LogP contribution is 2.30. The van der Waals surface area contributed by atoms with Crippen molar-refractivity contribution in [2.24, 2.45) is 0 Å².